The van der Waals surface area contributed by atoms with Crippen molar-refractivity contribution in [1.29, 1.82) is 0 Å². The number of nitrogens with one attached hydrogen (secondary N) is 3. The molecule has 1 aromatic heterocycles. The highest BCUT2D eigenvalue weighted by molar-refractivity contribution is 6.31. The highest BCUT2D eigenvalue weighted by Gasteiger charge is 2.34. The molecule has 1 aliphatic rings. The number of amides is 1. The van der Waals surface area contributed by atoms with E-state index in [1.807, 2.05) is 0 Å². The zero-order valence-corrected chi connectivity index (χ0v) is 15.6. The summed E-state index contributed by atoms with van der Waals surface area (Å²) in [6.07, 6.45) is -3.23. The standard InChI is InChI=1S/C18H16ClF4N4O2/c19-13-6-11(27-14-2-1-10(20)5-12(14)18(21,22)23)7-25-15(13)8-26-16(28)17(24)3-4-29-9-17/h1-2,5-7,24,27H,3-4,8-9H2,(H,26,28)/q-1. The van der Waals surface area contributed by atoms with Crippen molar-refractivity contribution < 1.29 is 27.1 Å². The van der Waals surface area contributed by atoms with E-state index in [1.54, 1.807) is 0 Å². The molecule has 1 aliphatic heterocycles. The van der Waals surface area contributed by atoms with Crippen LogP contribution in [0.25, 0.3) is 5.73 Å². The summed E-state index contributed by atoms with van der Waals surface area (Å²) in [4.78, 5) is 16.2. The molecule has 1 atom stereocenters. The number of ether oxygens (including phenoxy) is 1. The Morgan fingerprint density at radius 3 is 2.72 bits per heavy atom. The zero-order chi connectivity index (χ0) is 21.2. The number of anilines is 2. The molecule has 0 spiro atoms. The molecular weight excluding hydrogens is 416 g/mol. The number of carbonyl (C=O) groups is 1. The summed E-state index contributed by atoms with van der Waals surface area (Å²) in [7, 11) is 0. The van der Waals surface area contributed by atoms with Crippen LogP contribution >= 0.6 is 11.6 Å². The molecule has 11 heteroatoms. The molecule has 1 amide bonds. The Labute approximate surface area is 168 Å². The third-order valence-corrected chi connectivity index (χ3v) is 4.68. The van der Waals surface area contributed by atoms with E-state index in [1.165, 1.54) is 12.3 Å². The lowest BCUT2D eigenvalue weighted by Gasteiger charge is -2.30. The number of carbonyl (C=O) groups excluding carboxylic acids is 1. The second-order valence-electron chi connectivity index (χ2n) is 6.53. The van der Waals surface area contributed by atoms with Gasteiger partial charge >= 0.3 is 6.18 Å². The molecule has 0 radical (unpaired) electrons. The molecule has 0 aliphatic carbocycles. The first-order valence-corrected chi connectivity index (χ1v) is 8.85. The fourth-order valence-electron chi connectivity index (χ4n) is 2.76. The van der Waals surface area contributed by atoms with Crippen LogP contribution in [0.15, 0.2) is 30.5 Å². The quantitative estimate of drug-likeness (QED) is 0.684. The van der Waals surface area contributed by atoms with Gasteiger partial charge in [0.25, 0.3) is 0 Å². The number of alkyl halides is 3. The summed E-state index contributed by atoms with van der Waals surface area (Å²) in [6.45, 7) is 0.282. The molecule has 29 heavy (non-hydrogen) atoms. The lowest BCUT2D eigenvalue weighted by Crippen LogP contribution is -2.44. The third-order valence-electron chi connectivity index (χ3n) is 4.36. The molecule has 0 saturated carbocycles. The van der Waals surface area contributed by atoms with Gasteiger partial charge in [0.2, 0.25) is 5.91 Å². The van der Waals surface area contributed by atoms with Gasteiger partial charge in [-0.3, -0.25) is 9.78 Å². The highest BCUT2D eigenvalue weighted by atomic mass is 35.5. The summed E-state index contributed by atoms with van der Waals surface area (Å²) >= 11 is 6.12. The number of hydrogen-bond acceptors (Lipinski definition) is 4. The van der Waals surface area contributed by atoms with Gasteiger partial charge < -0.3 is 21.1 Å². The van der Waals surface area contributed by atoms with Crippen molar-refractivity contribution in [2.75, 3.05) is 18.5 Å². The van der Waals surface area contributed by atoms with E-state index in [2.05, 4.69) is 15.6 Å². The van der Waals surface area contributed by atoms with Crippen molar-refractivity contribution in [2.45, 2.75) is 24.7 Å². The fraction of sp³-hybridized carbons (Fsp3) is 0.333. The van der Waals surface area contributed by atoms with Gasteiger partial charge in [0.15, 0.2) is 0 Å². The Hall–Kier alpha value is -2.43. The minimum absolute atomic E-state index is 0.00204. The van der Waals surface area contributed by atoms with Crippen LogP contribution in [-0.4, -0.2) is 29.6 Å². The maximum atomic E-state index is 13.2. The van der Waals surface area contributed by atoms with Gasteiger partial charge in [0.05, 0.1) is 40.4 Å². The van der Waals surface area contributed by atoms with E-state index < -0.39 is 29.0 Å². The summed E-state index contributed by atoms with van der Waals surface area (Å²) in [5, 5.41) is 5.19. The van der Waals surface area contributed by atoms with Crippen LogP contribution in [0, 0.1) is 5.82 Å². The Morgan fingerprint density at radius 2 is 2.10 bits per heavy atom. The first-order valence-electron chi connectivity index (χ1n) is 8.48. The van der Waals surface area contributed by atoms with Gasteiger partial charge in [-0.15, -0.1) is 0 Å². The monoisotopic (exact) mass is 431 g/mol. The molecule has 3 rings (SSSR count). The Balaban J connectivity index is 1.71. The van der Waals surface area contributed by atoms with E-state index in [4.69, 9.17) is 22.1 Å². The second-order valence-corrected chi connectivity index (χ2v) is 6.94. The Bertz CT molecular complexity index is 917. The minimum atomic E-state index is -4.75. The maximum Gasteiger partial charge on any atom is 0.418 e. The van der Waals surface area contributed by atoms with Gasteiger partial charge in [-0.1, -0.05) is 11.6 Å². The maximum absolute atomic E-state index is 13.2. The fourth-order valence-corrected chi connectivity index (χ4v) is 2.99. The first-order chi connectivity index (χ1) is 13.6. The predicted molar refractivity (Wildman–Crippen MR) is 98.3 cm³/mol. The van der Waals surface area contributed by atoms with Crippen LogP contribution in [0.5, 0.6) is 0 Å². The van der Waals surface area contributed by atoms with E-state index in [0.717, 1.165) is 12.1 Å². The Morgan fingerprint density at radius 1 is 1.34 bits per heavy atom. The highest BCUT2D eigenvalue weighted by Crippen LogP contribution is 2.36. The van der Waals surface area contributed by atoms with Crippen LogP contribution < -0.4 is 10.6 Å². The Kier molecular flexibility index (Phi) is 5.97. The number of rotatable bonds is 5. The third kappa shape index (κ3) is 4.95. The molecule has 0 bridgehead atoms. The van der Waals surface area contributed by atoms with Gasteiger partial charge in [-0.2, -0.15) is 13.2 Å². The van der Waals surface area contributed by atoms with Crippen LogP contribution in [0.4, 0.5) is 28.9 Å². The van der Waals surface area contributed by atoms with Crippen molar-refractivity contribution in [3.8, 4) is 0 Å². The number of benzene rings is 1. The second kappa shape index (κ2) is 8.13. The molecule has 6 nitrogen and oxygen atoms in total. The van der Waals surface area contributed by atoms with E-state index >= 15 is 0 Å². The lowest BCUT2D eigenvalue weighted by molar-refractivity contribution is -0.137. The molecule has 1 fully saturated rings. The summed E-state index contributed by atoms with van der Waals surface area (Å²) in [5.41, 5.74) is 5.60. The molecule has 3 N–H and O–H groups in total. The number of pyridine rings is 1. The van der Waals surface area contributed by atoms with Crippen molar-refractivity contribution >= 4 is 28.9 Å². The van der Waals surface area contributed by atoms with E-state index in [0.29, 0.717) is 12.7 Å². The zero-order valence-electron chi connectivity index (χ0n) is 14.9. The summed E-state index contributed by atoms with van der Waals surface area (Å²) in [6, 6.07) is 3.61. The molecule has 2 heterocycles. The van der Waals surface area contributed by atoms with E-state index in [9.17, 15) is 22.4 Å². The minimum Gasteiger partial charge on any atom is -0.662 e. The van der Waals surface area contributed by atoms with Crippen molar-refractivity contribution in [1.82, 2.24) is 10.3 Å². The lowest BCUT2D eigenvalue weighted by atomic mass is 9.99. The normalized spacial score (nSPS) is 19.2. The molecule has 1 unspecified atom stereocenters. The summed E-state index contributed by atoms with van der Waals surface area (Å²) in [5.74, 6) is -1.53. The van der Waals surface area contributed by atoms with Crippen LogP contribution in [0.2, 0.25) is 5.02 Å². The van der Waals surface area contributed by atoms with Crippen molar-refractivity contribution in [3.63, 3.8) is 0 Å². The molecule has 1 saturated heterocycles. The molecule has 2 aromatic rings. The molecule has 1 aromatic carbocycles. The van der Waals surface area contributed by atoms with Crippen LogP contribution in [0.1, 0.15) is 17.7 Å². The number of aromatic nitrogens is 1. The van der Waals surface area contributed by atoms with Crippen LogP contribution in [0.3, 0.4) is 0 Å². The predicted octanol–water partition coefficient (Wildman–Crippen LogP) is 4.46. The first kappa shape index (κ1) is 21.3. The van der Waals surface area contributed by atoms with Crippen LogP contribution in [-0.2, 0) is 22.3 Å². The smallest absolute Gasteiger partial charge is 0.418 e. The SMILES string of the molecule is [NH-]C1(C(=O)NCc2ncc(Nc3ccc(F)cc3C(F)(F)F)cc2Cl)CCOC1. The molecule has 156 valence electrons. The number of hydrogen-bond donors (Lipinski definition) is 2. The molecular formula is C18H16ClF4N4O2-. The van der Waals surface area contributed by atoms with Gasteiger partial charge in [0.1, 0.15) is 5.82 Å². The van der Waals surface area contributed by atoms with Crippen molar-refractivity contribution in [3.05, 3.63) is 58.3 Å². The largest absolute Gasteiger partial charge is 0.662 e. The van der Waals surface area contributed by atoms with Gasteiger partial charge in [-0.25, -0.2) is 4.39 Å². The van der Waals surface area contributed by atoms with E-state index in [-0.39, 0.29) is 41.7 Å². The average Bonchev–Trinajstić information content (AvgIpc) is 3.09. The average molecular weight is 432 g/mol. The van der Waals surface area contributed by atoms with Gasteiger partial charge in [0, 0.05) is 13.2 Å². The number of nitrogens with zero attached hydrogens (tertiary/aromatic N) is 1. The topological polar surface area (TPSA) is 87.1 Å². The van der Waals surface area contributed by atoms with Crippen molar-refractivity contribution in [2.24, 2.45) is 0 Å². The van der Waals surface area contributed by atoms with Gasteiger partial charge in [-0.05, 0) is 36.2 Å². The number of halogens is 5. The summed E-state index contributed by atoms with van der Waals surface area (Å²) < 4.78 is 57.6.